The van der Waals surface area contributed by atoms with Crippen LogP contribution in [-0.2, 0) is 0 Å². The second-order valence-corrected chi connectivity index (χ2v) is 5.20. The average Bonchev–Trinajstić information content (AvgIpc) is 2.74. The van der Waals surface area contributed by atoms with Crippen LogP contribution in [0.25, 0.3) is 0 Å². The van der Waals surface area contributed by atoms with E-state index in [-0.39, 0.29) is 0 Å². The molecule has 1 heteroatoms. The molecular formula is C12H22O. The Morgan fingerprint density at radius 2 is 1.85 bits per heavy atom. The molecular weight excluding hydrogens is 160 g/mol. The smallest absolute Gasteiger partial charge is 0.0487 e. The molecule has 0 amide bonds. The lowest BCUT2D eigenvalue weighted by Crippen LogP contribution is -2.06. The van der Waals surface area contributed by atoms with E-state index < -0.39 is 0 Å². The topological polar surface area (TPSA) is 20.2 Å². The highest BCUT2D eigenvalue weighted by molar-refractivity contribution is 4.92. The first kappa shape index (κ1) is 9.51. The van der Waals surface area contributed by atoms with Crippen LogP contribution in [0.15, 0.2) is 0 Å². The largest absolute Gasteiger partial charge is 0.396 e. The van der Waals surface area contributed by atoms with E-state index in [0.29, 0.717) is 12.0 Å². The third-order valence-corrected chi connectivity index (χ3v) is 4.09. The van der Waals surface area contributed by atoms with Gasteiger partial charge in [0, 0.05) is 6.61 Å². The van der Waals surface area contributed by atoms with E-state index in [1.54, 1.807) is 0 Å². The number of hydrogen-bond donors (Lipinski definition) is 1. The Kier molecular flexibility index (Phi) is 2.92. The van der Waals surface area contributed by atoms with E-state index in [2.05, 4.69) is 0 Å². The van der Waals surface area contributed by atoms with Gasteiger partial charge < -0.3 is 5.11 Å². The molecule has 0 unspecified atom stereocenters. The van der Waals surface area contributed by atoms with E-state index in [9.17, 15) is 0 Å². The molecule has 0 aromatic heterocycles. The molecule has 0 radical (unpaired) electrons. The highest BCUT2D eigenvalue weighted by Crippen LogP contribution is 2.49. The summed E-state index contributed by atoms with van der Waals surface area (Å²) in [5.41, 5.74) is 0.401. The van der Waals surface area contributed by atoms with E-state index in [0.717, 1.165) is 5.92 Å². The fraction of sp³-hybridized carbons (Fsp3) is 1.00. The van der Waals surface area contributed by atoms with Gasteiger partial charge in [0.25, 0.3) is 0 Å². The Morgan fingerprint density at radius 1 is 1.15 bits per heavy atom. The van der Waals surface area contributed by atoms with Crippen molar-refractivity contribution in [3.05, 3.63) is 0 Å². The highest BCUT2D eigenvalue weighted by atomic mass is 16.3. The van der Waals surface area contributed by atoms with Crippen LogP contribution in [0, 0.1) is 11.3 Å². The SMILES string of the molecule is OCC1(CCCC2CCCC2)CC1. The molecule has 0 aromatic carbocycles. The summed E-state index contributed by atoms with van der Waals surface area (Å²) in [6.45, 7) is 0.442. The molecule has 0 saturated heterocycles. The molecule has 2 rings (SSSR count). The number of aliphatic hydroxyl groups excluding tert-OH is 1. The predicted molar refractivity (Wildman–Crippen MR) is 54.6 cm³/mol. The molecule has 0 bridgehead atoms. The maximum atomic E-state index is 9.15. The van der Waals surface area contributed by atoms with Gasteiger partial charge in [0.05, 0.1) is 0 Å². The van der Waals surface area contributed by atoms with Gasteiger partial charge in [-0.05, 0) is 30.6 Å². The van der Waals surface area contributed by atoms with Crippen molar-refractivity contribution < 1.29 is 5.11 Å². The van der Waals surface area contributed by atoms with Gasteiger partial charge in [-0.3, -0.25) is 0 Å². The third kappa shape index (κ3) is 2.46. The molecule has 0 aromatic rings. The molecule has 0 aliphatic heterocycles. The second-order valence-electron chi connectivity index (χ2n) is 5.20. The molecule has 2 aliphatic carbocycles. The molecule has 1 N–H and O–H groups in total. The van der Waals surface area contributed by atoms with Gasteiger partial charge in [0.2, 0.25) is 0 Å². The molecule has 76 valence electrons. The van der Waals surface area contributed by atoms with Crippen molar-refractivity contribution in [2.45, 2.75) is 57.8 Å². The Bertz CT molecular complexity index is 155. The van der Waals surface area contributed by atoms with Crippen molar-refractivity contribution in [2.75, 3.05) is 6.61 Å². The molecule has 2 saturated carbocycles. The lowest BCUT2D eigenvalue weighted by Gasteiger charge is -2.13. The summed E-state index contributed by atoms with van der Waals surface area (Å²) < 4.78 is 0. The average molecular weight is 182 g/mol. The van der Waals surface area contributed by atoms with Crippen molar-refractivity contribution in [1.29, 1.82) is 0 Å². The molecule has 0 atom stereocenters. The Balaban J connectivity index is 1.58. The van der Waals surface area contributed by atoms with Crippen LogP contribution in [0.4, 0.5) is 0 Å². The van der Waals surface area contributed by atoms with Crippen molar-refractivity contribution in [3.8, 4) is 0 Å². The summed E-state index contributed by atoms with van der Waals surface area (Å²) in [5.74, 6) is 1.04. The molecule has 13 heavy (non-hydrogen) atoms. The zero-order valence-electron chi connectivity index (χ0n) is 8.60. The van der Waals surface area contributed by atoms with Crippen LogP contribution in [0.1, 0.15) is 57.8 Å². The van der Waals surface area contributed by atoms with Crippen LogP contribution in [0.2, 0.25) is 0 Å². The fourth-order valence-electron chi connectivity index (χ4n) is 2.73. The van der Waals surface area contributed by atoms with E-state index in [1.807, 2.05) is 0 Å². The predicted octanol–water partition coefficient (Wildman–Crippen LogP) is 3.12. The minimum absolute atomic E-state index is 0.401. The first-order chi connectivity index (χ1) is 6.35. The summed E-state index contributed by atoms with van der Waals surface area (Å²) >= 11 is 0. The van der Waals surface area contributed by atoms with E-state index in [1.165, 1.54) is 57.8 Å². The van der Waals surface area contributed by atoms with Gasteiger partial charge in [-0.1, -0.05) is 38.5 Å². The Labute approximate surface area is 81.5 Å². The van der Waals surface area contributed by atoms with Crippen molar-refractivity contribution >= 4 is 0 Å². The standard InChI is InChI=1S/C12H22O/c13-10-12(8-9-12)7-3-6-11-4-1-2-5-11/h11,13H,1-10H2. The molecule has 2 aliphatic rings. The van der Waals surface area contributed by atoms with Crippen LogP contribution in [0.3, 0.4) is 0 Å². The first-order valence-corrected chi connectivity index (χ1v) is 5.96. The first-order valence-electron chi connectivity index (χ1n) is 5.96. The second kappa shape index (κ2) is 4.00. The van der Waals surface area contributed by atoms with Crippen LogP contribution in [0.5, 0.6) is 0 Å². The van der Waals surface area contributed by atoms with E-state index in [4.69, 9.17) is 5.11 Å². The fourth-order valence-corrected chi connectivity index (χ4v) is 2.73. The summed E-state index contributed by atoms with van der Waals surface area (Å²) in [6, 6.07) is 0. The van der Waals surface area contributed by atoms with Crippen LogP contribution in [-0.4, -0.2) is 11.7 Å². The van der Waals surface area contributed by atoms with Gasteiger partial charge >= 0.3 is 0 Å². The molecule has 0 spiro atoms. The Morgan fingerprint density at radius 3 is 2.38 bits per heavy atom. The van der Waals surface area contributed by atoms with Gasteiger partial charge in [-0.2, -0.15) is 0 Å². The van der Waals surface area contributed by atoms with Gasteiger partial charge in [-0.25, -0.2) is 0 Å². The monoisotopic (exact) mass is 182 g/mol. The Hall–Kier alpha value is -0.0400. The van der Waals surface area contributed by atoms with Crippen molar-refractivity contribution in [3.63, 3.8) is 0 Å². The number of aliphatic hydroxyl groups is 1. The lowest BCUT2D eigenvalue weighted by atomic mass is 9.94. The van der Waals surface area contributed by atoms with E-state index >= 15 is 0 Å². The van der Waals surface area contributed by atoms with Crippen LogP contribution < -0.4 is 0 Å². The van der Waals surface area contributed by atoms with Gasteiger partial charge in [0.1, 0.15) is 0 Å². The van der Waals surface area contributed by atoms with Crippen LogP contribution >= 0.6 is 0 Å². The number of hydrogen-bond acceptors (Lipinski definition) is 1. The highest BCUT2D eigenvalue weighted by Gasteiger charge is 2.41. The summed E-state index contributed by atoms with van der Waals surface area (Å²) in [6.07, 6.45) is 12.6. The zero-order valence-corrected chi connectivity index (χ0v) is 8.60. The minimum atomic E-state index is 0.401. The van der Waals surface area contributed by atoms with Crippen molar-refractivity contribution in [2.24, 2.45) is 11.3 Å². The zero-order chi connectivity index (χ0) is 9.15. The maximum absolute atomic E-state index is 9.15. The normalized spacial score (nSPS) is 26.5. The number of rotatable bonds is 5. The quantitative estimate of drug-likeness (QED) is 0.692. The summed E-state index contributed by atoms with van der Waals surface area (Å²) in [5, 5.41) is 9.15. The van der Waals surface area contributed by atoms with Gasteiger partial charge in [0.15, 0.2) is 0 Å². The van der Waals surface area contributed by atoms with Gasteiger partial charge in [-0.15, -0.1) is 0 Å². The summed E-state index contributed by atoms with van der Waals surface area (Å²) in [4.78, 5) is 0. The lowest BCUT2D eigenvalue weighted by molar-refractivity contribution is 0.198. The third-order valence-electron chi connectivity index (χ3n) is 4.09. The molecule has 0 heterocycles. The molecule has 2 fully saturated rings. The summed E-state index contributed by atoms with van der Waals surface area (Å²) in [7, 11) is 0. The minimum Gasteiger partial charge on any atom is -0.396 e. The maximum Gasteiger partial charge on any atom is 0.0487 e. The molecule has 1 nitrogen and oxygen atoms in total. The van der Waals surface area contributed by atoms with Crippen molar-refractivity contribution in [1.82, 2.24) is 0 Å².